The summed E-state index contributed by atoms with van der Waals surface area (Å²) in [6.45, 7) is 5.61. The molecule has 1 amide bonds. The Morgan fingerprint density at radius 1 is 1.05 bits per heavy atom. The molecule has 2 aromatic rings. The van der Waals surface area contributed by atoms with Gasteiger partial charge in [-0.3, -0.25) is 9.59 Å². The minimum atomic E-state index is -0.194. The molecule has 116 valence electrons. The summed E-state index contributed by atoms with van der Waals surface area (Å²) in [5.74, 6) is 0.749. The Morgan fingerprint density at radius 3 is 2.23 bits per heavy atom. The van der Waals surface area contributed by atoms with Gasteiger partial charge in [0, 0.05) is 17.2 Å². The Kier molecular flexibility index (Phi) is 5.15. The molecular formula is C18H21NO3. The van der Waals surface area contributed by atoms with E-state index >= 15 is 0 Å². The third-order valence-corrected chi connectivity index (χ3v) is 3.73. The Bertz CT molecular complexity index is 651. The monoisotopic (exact) mass is 299 g/mol. The van der Waals surface area contributed by atoms with Crippen LogP contribution in [0.15, 0.2) is 40.8 Å². The first-order valence-corrected chi connectivity index (χ1v) is 7.57. The standard InChI is InChI=1S/C18H21NO3/c1-4-15(5-2)19-18(21)17-11-10-16(22-17)14-8-6-13(7-9-14)12(3)20/h6-11,15H,4-5H2,1-3H3,(H,19,21). The van der Waals surface area contributed by atoms with Gasteiger partial charge in [0.1, 0.15) is 5.76 Å². The number of nitrogens with one attached hydrogen (secondary N) is 1. The van der Waals surface area contributed by atoms with Crippen LogP contribution in [0.4, 0.5) is 0 Å². The lowest BCUT2D eigenvalue weighted by Gasteiger charge is -2.13. The summed E-state index contributed by atoms with van der Waals surface area (Å²) in [6.07, 6.45) is 1.78. The quantitative estimate of drug-likeness (QED) is 0.818. The van der Waals surface area contributed by atoms with Crippen molar-refractivity contribution in [2.75, 3.05) is 0 Å². The molecule has 0 bridgehead atoms. The lowest BCUT2D eigenvalue weighted by molar-refractivity contribution is 0.0907. The lowest BCUT2D eigenvalue weighted by Crippen LogP contribution is -2.33. The number of furan rings is 1. The van der Waals surface area contributed by atoms with Crippen molar-refractivity contribution in [1.29, 1.82) is 0 Å². The van der Waals surface area contributed by atoms with Crippen LogP contribution >= 0.6 is 0 Å². The van der Waals surface area contributed by atoms with Crippen LogP contribution in [0, 0.1) is 0 Å². The number of carbonyl (C=O) groups is 2. The van der Waals surface area contributed by atoms with Gasteiger partial charge in [0.15, 0.2) is 11.5 Å². The van der Waals surface area contributed by atoms with Gasteiger partial charge < -0.3 is 9.73 Å². The zero-order valence-corrected chi connectivity index (χ0v) is 13.2. The number of ketones is 1. The normalized spacial score (nSPS) is 10.7. The van der Waals surface area contributed by atoms with E-state index in [9.17, 15) is 9.59 Å². The highest BCUT2D eigenvalue weighted by atomic mass is 16.3. The zero-order chi connectivity index (χ0) is 16.1. The van der Waals surface area contributed by atoms with Crippen molar-refractivity contribution in [2.45, 2.75) is 39.7 Å². The van der Waals surface area contributed by atoms with Crippen molar-refractivity contribution < 1.29 is 14.0 Å². The molecule has 1 aromatic carbocycles. The van der Waals surface area contributed by atoms with Crippen molar-refractivity contribution in [1.82, 2.24) is 5.32 Å². The molecule has 4 heteroatoms. The van der Waals surface area contributed by atoms with Crippen LogP contribution in [-0.2, 0) is 0 Å². The second-order valence-electron chi connectivity index (χ2n) is 5.28. The summed E-state index contributed by atoms with van der Waals surface area (Å²) in [7, 11) is 0. The van der Waals surface area contributed by atoms with Gasteiger partial charge in [-0.25, -0.2) is 0 Å². The molecule has 0 saturated heterocycles. The van der Waals surface area contributed by atoms with Crippen LogP contribution in [0.5, 0.6) is 0 Å². The summed E-state index contributed by atoms with van der Waals surface area (Å²) < 4.78 is 5.62. The first-order valence-electron chi connectivity index (χ1n) is 7.57. The van der Waals surface area contributed by atoms with Crippen LogP contribution in [0.3, 0.4) is 0 Å². The lowest BCUT2D eigenvalue weighted by atomic mass is 10.1. The number of Topliss-reactive ketones (excluding diaryl/α,β-unsaturated/α-hetero) is 1. The van der Waals surface area contributed by atoms with Crippen molar-refractivity contribution >= 4 is 11.7 Å². The number of hydrogen-bond donors (Lipinski definition) is 1. The number of carbonyl (C=O) groups excluding carboxylic acids is 2. The molecule has 1 aromatic heterocycles. The van der Waals surface area contributed by atoms with Crippen LogP contribution in [0.2, 0.25) is 0 Å². The van der Waals surface area contributed by atoms with Crippen LogP contribution in [0.25, 0.3) is 11.3 Å². The minimum Gasteiger partial charge on any atom is -0.451 e. The first-order chi connectivity index (χ1) is 10.5. The maximum Gasteiger partial charge on any atom is 0.287 e. The van der Waals surface area contributed by atoms with E-state index in [1.807, 2.05) is 26.0 Å². The third kappa shape index (κ3) is 3.64. The topological polar surface area (TPSA) is 59.3 Å². The molecule has 0 unspecified atom stereocenters. The van der Waals surface area contributed by atoms with E-state index in [-0.39, 0.29) is 17.7 Å². The van der Waals surface area contributed by atoms with Crippen LogP contribution in [-0.4, -0.2) is 17.7 Å². The van der Waals surface area contributed by atoms with Gasteiger partial charge in [0.25, 0.3) is 5.91 Å². The zero-order valence-electron chi connectivity index (χ0n) is 13.2. The van der Waals surface area contributed by atoms with Gasteiger partial charge >= 0.3 is 0 Å². The molecule has 0 radical (unpaired) electrons. The Morgan fingerprint density at radius 2 is 1.68 bits per heavy atom. The van der Waals surface area contributed by atoms with Crippen molar-refractivity contribution in [2.24, 2.45) is 0 Å². The molecule has 0 spiro atoms. The van der Waals surface area contributed by atoms with E-state index in [4.69, 9.17) is 4.42 Å². The van der Waals surface area contributed by atoms with Gasteiger partial charge in [-0.2, -0.15) is 0 Å². The Hall–Kier alpha value is -2.36. The summed E-state index contributed by atoms with van der Waals surface area (Å²) >= 11 is 0. The summed E-state index contributed by atoms with van der Waals surface area (Å²) in [5.41, 5.74) is 1.49. The predicted octanol–water partition coefficient (Wildman–Crippen LogP) is 4.07. The van der Waals surface area contributed by atoms with Gasteiger partial charge in [-0.05, 0) is 31.9 Å². The SMILES string of the molecule is CCC(CC)NC(=O)c1ccc(-c2ccc(C(C)=O)cc2)o1. The van der Waals surface area contributed by atoms with E-state index in [1.54, 1.807) is 24.3 Å². The molecule has 22 heavy (non-hydrogen) atoms. The summed E-state index contributed by atoms with van der Waals surface area (Å²) in [6, 6.07) is 10.7. The smallest absolute Gasteiger partial charge is 0.287 e. The number of rotatable bonds is 6. The number of hydrogen-bond acceptors (Lipinski definition) is 3. The van der Waals surface area contributed by atoms with E-state index in [1.165, 1.54) is 6.92 Å². The van der Waals surface area contributed by atoms with Crippen molar-refractivity contribution in [3.63, 3.8) is 0 Å². The average molecular weight is 299 g/mol. The first kappa shape index (κ1) is 16.0. The fourth-order valence-electron chi connectivity index (χ4n) is 2.23. The molecule has 1 N–H and O–H groups in total. The summed E-state index contributed by atoms with van der Waals surface area (Å²) in [5, 5.41) is 2.94. The fourth-order valence-corrected chi connectivity index (χ4v) is 2.23. The van der Waals surface area contributed by atoms with E-state index in [2.05, 4.69) is 5.32 Å². The van der Waals surface area contributed by atoms with E-state index in [0.29, 0.717) is 17.1 Å². The Balaban J connectivity index is 2.13. The molecule has 2 rings (SSSR count). The minimum absolute atomic E-state index is 0.0243. The van der Waals surface area contributed by atoms with Crippen LogP contribution < -0.4 is 5.32 Å². The highest BCUT2D eigenvalue weighted by molar-refractivity contribution is 5.94. The predicted molar refractivity (Wildman–Crippen MR) is 86.0 cm³/mol. The van der Waals surface area contributed by atoms with Gasteiger partial charge in [0.05, 0.1) is 0 Å². The highest BCUT2D eigenvalue weighted by Crippen LogP contribution is 2.23. The van der Waals surface area contributed by atoms with Crippen molar-refractivity contribution in [3.8, 4) is 11.3 Å². The molecule has 0 saturated carbocycles. The molecule has 0 aliphatic carbocycles. The number of amides is 1. The van der Waals surface area contributed by atoms with Gasteiger partial charge in [-0.15, -0.1) is 0 Å². The maximum absolute atomic E-state index is 12.1. The van der Waals surface area contributed by atoms with Gasteiger partial charge in [-0.1, -0.05) is 38.1 Å². The van der Waals surface area contributed by atoms with Crippen LogP contribution in [0.1, 0.15) is 54.5 Å². The van der Waals surface area contributed by atoms with Crippen molar-refractivity contribution in [3.05, 3.63) is 47.7 Å². The molecule has 1 heterocycles. The highest BCUT2D eigenvalue weighted by Gasteiger charge is 2.15. The molecule has 0 aliphatic rings. The molecule has 0 atom stereocenters. The second-order valence-corrected chi connectivity index (χ2v) is 5.28. The second kappa shape index (κ2) is 7.07. The molecular weight excluding hydrogens is 278 g/mol. The van der Waals surface area contributed by atoms with E-state index < -0.39 is 0 Å². The summed E-state index contributed by atoms with van der Waals surface area (Å²) in [4.78, 5) is 23.4. The Labute approximate surface area is 130 Å². The number of benzene rings is 1. The molecule has 0 aliphatic heterocycles. The third-order valence-electron chi connectivity index (χ3n) is 3.73. The van der Waals surface area contributed by atoms with Gasteiger partial charge in [0.2, 0.25) is 0 Å². The maximum atomic E-state index is 12.1. The van der Waals surface area contributed by atoms with E-state index in [0.717, 1.165) is 18.4 Å². The molecule has 0 fully saturated rings. The largest absolute Gasteiger partial charge is 0.451 e. The average Bonchev–Trinajstić information content (AvgIpc) is 3.02. The fraction of sp³-hybridized carbons (Fsp3) is 0.333. The molecule has 4 nitrogen and oxygen atoms in total.